The highest BCUT2D eigenvalue weighted by Crippen LogP contribution is 2.30. The van der Waals surface area contributed by atoms with Gasteiger partial charge in [0, 0.05) is 6.20 Å². The number of rotatable bonds is 4. The van der Waals surface area contributed by atoms with Gasteiger partial charge in [0.15, 0.2) is 5.82 Å². The molecular weight excluding hydrogens is 389 g/mol. The van der Waals surface area contributed by atoms with Crippen molar-refractivity contribution in [3.63, 3.8) is 0 Å². The van der Waals surface area contributed by atoms with Gasteiger partial charge in [-0.05, 0) is 43.2 Å². The molecule has 0 saturated carbocycles. The molecule has 10 heteroatoms. The molecule has 7 nitrogen and oxygen atoms in total. The van der Waals surface area contributed by atoms with Crippen LogP contribution in [0.15, 0.2) is 42.6 Å². The SMILES string of the molecule is CCC(NC(=O)N1c2ncccc2NC(=O)C1C)c1ccc(OC(F)(F)F)cc1. The molecule has 0 saturated heterocycles. The fraction of sp³-hybridized carbons (Fsp3) is 0.316. The molecule has 29 heavy (non-hydrogen) atoms. The quantitative estimate of drug-likeness (QED) is 0.801. The van der Waals surface area contributed by atoms with E-state index in [1.807, 2.05) is 6.92 Å². The molecule has 1 aliphatic rings. The van der Waals surface area contributed by atoms with Gasteiger partial charge >= 0.3 is 12.4 Å². The molecule has 154 valence electrons. The lowest BCUT2D eigenvalue weighted by Gasteiger charge is -2.34. The zero-order chi connectivity index (χ0) is 21.2. The predicted molar refractivity (Wildman–Crippen MR) is 99.5 cm³/mol. The first-order valence-electron chi connectivity index (χ1n) is 8.91. The fourth-order valence-electron chi connectivity index (χ4n) is 3.04. The Balaban J connectivity index is 1.79. The van der Waals surface area contributed by atoms with E-state index in [1.54, 1.807) is 19.1 Å². The number of carbonyl (C=O) groups excluding carboxylic acids is 2. The van der Waals surface area contributed by atoms with E-state index in [0.29, 0.717) is 23.5 Å². The summed E-state index contributed by atoms with van der Waals surface area (Å²) < 4.78 is 40.8. The van der Waals surface area contributed by atoms with Crippen molar-refractivity contribution in [2.24, 2.45) is 0 Å². The Labute approximate surface area is 164 Å². The summed E-state index contributed by atoms with van der Waals surface area (Å²) in [5.41, 5.74) is 1.03. The van der Waals surface area contributed by atoms with Gasteiger partial charge in [-0.3, -0.25) is 9.69 Å². The number of hydrogen-bond donors (Lipinski definition) is 2. The highest BCUT2D eigenvalue weighted by molar-refractivity contribution is 6.10. The van der Waals surface area contributed by atoms with Crippen LogP contribution in [0.25, 0.3) is 0 Å². The zero-order valence-corrected chi connectivity index (χ0v) is 15.7. The van der Waals surface area contributed by atoms with Crippen molar-refractivity contribution in [1.82, 2.24) is 10.3 Å². The molecule has 0 spiro atoms. The average Bonchev–Trinajstić information content (AvgIpc) is 2.66. The first-order valence-corrected chi connectivity index (χ1v) is 8.91. The van der Waals surface area contributed by atoms with Crippen LogP contribution in [-0.4, -0.2) is 29.3 Å². The van der Waals surface area contributed by atoms with Crippen LogP contribution >= 0.6 is 0 Å². The minimum absolute atomic E-state index is 0.320. The predicted octanol–water partition coefficient (Wildman–Crippen LogP) is 3.99. The number of alkyl halides is 3. The summed E-state index contributed by atoms with van der Waals surface area (Å²) in [6.07, 6.45) is -2.78. The Morgan fingerprint density at radius 3 is 2.62 bits per heavy atom. The number of carbonyl (C=O) groups is 2. The van der Waals surface area contributed by atoms with Crippen molar-refractivity contribution < 1.29 is 27.5 Å². The van der Waals surface area contributed by atoms with E-state index < -0.39 is 24.5 Å². The van der Waals surface area contributed by atoms with Crippen molar-refractivity contribution in [3.05, 3.63) is 48.2 Å². The van der Waals surface area contributed by atoms with Gasteiger partial charge in [0.25, 0.3) is 0 Å². The van der Waals surface area contributed by atoms with Gasteiger partial charge in [-0.25, -0.2) is 9.78 Å². The number of nitrogens with zero attached hydrogens (tertiary/aromatic N) is 2. The smallest absolute Gasteiger partial charge is 0.406 e. The summed E-state index contributed by atoms with van der Waals surface area (Å²) in [5, 5.41) is 5.51. The topological polar surface area (TPSA) is 83.6 Å². The Bertz CT molecular complexity index is 902. The molecule has 2 N–H and O–H groups in total. The van der Waals surface area contributed by atoms with E-state index in [-0.39, 0.29) is 11.7 Å². The van der Waals surface area contributed by atoms with Crippen LogP contribution in [-0.2, 0) is 4.79 Å². The van der Waals surface area contributed by atoms with Crippen molar-refractivity contribution in [1.29, 1.82) is 0 Å². The largest absolute Gasteiger partial charge is 0.573 e. The molecule has 2 heterocycles. The van der Waals surface area contributed by atoms with Crippen molar-refractivity contribution in [3.8, 4) is 5.75 Å². The Kier molecular flexibility index (Phi) is 5.62. The summed E-state index contributed by atoms with van der Waals surface area (Å²) in [6, 6.07) is 6.77. The first kappa shape index (κ1) is 20.4. The highest BCUT2D eigenvalue weighted by atomic mass is 19.4. The van der Waals surface area contributed by atoms with E-state index in [0.717, 1.165) is 0 Å². The number of hydrogen-bond acceptors (Lipinski definition) is 4. The minimum atomic E-state index is -4.77. The van der Waals surface area contributed by atoms with Crippen LogP contribution in [0.4, 0.5) is 29.5 Å². The number of nitrogens with one attached hydrogen (secondary N) is 2. The van der Waals surface area contributed by atoms with Gasteiger partial charge in [-0.1, -0.05) is 19.1 Å². The Hall–Kier alpha value is -3.30. The monoisotopic (exact) mass is 408 g/mol. The van der Waals surface area contributed by atoms with E-state index in [2.05, 4.69) is 20.4 Å². The Morgan fingerprint density at radius 2 is 2.00 bits per heavy atom. The number of aromatic nitrogens is 1. The summed E-state index contributed by atoms with van der Waals surface area (Å²) in [7, 11) is 0. The standard InChI is InChI=1S/C19H19F3N4O3/c1-3-14(12-6-8-13(9-7-12)29-19(20,21)22)25-18(28)26-11(2)17(27)24-15-5-4-10-23-16(15)26/h4-11,14H,3H2,1-2H3,(H,24,27)(H,25,28). The third-order valence-corrected chi connectivity index (χ3v) is 4.48. The van der Waals surface area contributed by atoms with Crippen LogP contribution in [0.3, 0.4) is 0 Å². The van der Waals surface area contributed by atoms with Crippen molar-refractivity contribution in [2.45, 2.75) is 38.7 Å². The lowest BCUT2D eigenvalue weighted by atomic mass is 10.0. The second kappa shape index (κ2) is 7.98. The number of anilines is 2. The number of fused-ring (bicyclic) bond motifs is 1. The van der Waals surface area contributed by atoms with Gasteiger partial charge in [0.05, 0.1) is 11.7 Å². The first-order chi connectivity index (χ1) is 13.7. The molecule has 2 atom stereocenters. The summed E-state index contributed by atoms with van der Waals surface area (Å²) in [5.74, 6) is -0.370. The maximum atomic E-state index is 12.9. The summed E-state index contributed by atoms with van der Waals surface area (Å²) in [4.78, 5) is 30.6. The number of amides is 3. The molecule has 1 aliphatic heterocycles. The van der Waals surface area contributed by atoms with Crippen LogP contribution in [0.1, 0.15) is 31.9 Å². The second-order valence-corrected chi connectivity index (χ2v) is 6.44. The van der Waals surface area contributed by atoms with Gasteiger partial charge in [-0.2, -0.15) is 0 Å². The fourth-order valence-corrected chi connectivity index (χ4v) is 3.04. The molecule has 1 aromatic heterocycles. The number of halogens is 3. The summed E-state index contributed by atoms with van der Waals surface area (Å²) in [6.45, 7) is 3.40. The number of ether oxygens (including phenoxy) is 1. The molecule has 2 unspecified atom stereocenters. The molecule has 2 aromatic rings. The minimum Gasteiger partial charge on any atom is -0.406 e. The normalized spacial score (nSPS) is 17.2. The number of urea groups is 1. The molecule has 3 rings (SSSR count). The van der Waals surface area contributed by atoms with E-state index in [4.69, 9.17) is 0 Å². The van der Waals surface area contributed by atoms with Crippen LogP contribution in [0.5, 0.6) is 5.75 Å². The molecule has 0 bridgehead atoms. The molecular formula is C19H19F3N4O3. The molecule has 0 aliphatic carbocycles. The lowest BCUT2D eigenvalue weighted by molar-refractivity contribution is -0.274. The van der Waals surface area contributed by atoms with Crippen LogP contribution in [0, 0.1) is 0 Å². The molecule has 1 aromatic carbocycles. The number of benzene rings is 1. The maximum Gasteiger partial charge on any atom is 0.573 e. The van der Waals surface area contributed by atoms with E-state index in [9.17, 15) is 22.8 Å². The zero-order valence-electron chi connectivity index (χ0n) is 15.7. The Morgan fingerprint density at radius 1 is 1.31 bits per heavy atom. The second-order valence-electron chi connectivity index (χ2n) is 6.44. The molecule has 0 fully saturated rings. The third kappa shape index (κ3) is 4.58. The van der Waals surface area contributed by atoms with E-state index in [1.165, 1.54) is 35.4 Å². The van der Waals surface area contributed by atoms with Crippen LogP contribution < -0.4 is 20.3 Å². The van der Waals surface area contributed by atoms with Gasteiger partial charge in [-0.15, -0.1) is 13.2 Å². The maximum absolute atomic E-state index is 12.9. The van der Waals surface area contributed by atoms with Gasteiger partial charge < -0.3 is 15.4 Å². The summed E-state index contributed by atoms with van der Waals surface area (Å²) >= 11 is 0. The molecule has 3 amide bonds. The average molecular weight is 408 g/mol. The van der Waals surface area contributed by atoms with Crippen molar-refractivity contribution >= 4 is 23.4 Å². The van der Waals surface area contributed by atoms with Crippen LogP contribution in [0.2, 0.25) is 0 Å². The van der Waals surface area contributed by atoms with E-state index >= 15 is 0 Å². The number of pyridine rings is 1. The van der Waals surface area contributed by atoms with Gasteiger partial charge in [0.1, 0.15) is 11.8 Å². The molecule has 0 radical (unpaired) electrons. The van der Waals surface area contributed by atoms with Crippen molar-refractivity contribution in [2.75, 3.05) is 10.2 Å². The third-order valence-electron chi connectivity index (χ3n) is 4.48. The van der Waals surface area contributed by atoms with Gasteiger partial charge in [0.2, 0.25) is 5.91 Å². The lowest BCUT2D eigenvalue weighted by Crippen LogP contribution is -2.53. The highest BCUT2D eigenvalue weighted by Gasteiger charge is 2.35.